The molecule has 0 radical (unpaired) electrons. The van der Waals surface area contributed by atoms with Crippen LogP contribution in [-0.2, 0) is 6.54 Å². The Labute approximate surface area is 121 Å². The number of carbonyl (C=O) groups excluding carboxylic acids is 1. The van der Waals surface area contributed by atoms with E-state index in [2.05, 4.69) is 5.32 Å². The summed E-state index contributed by atoms with van der Waals surface area (Å²) in [6.07, 6.45) is 0. The summed E-state index contributed by atoms with van der Waals surface area (Å²) in [4.78, 5) is 12.0. The molecule has 0 saturated carbocycles. The molecule has 0 aromatic heterocycles. The van der Waals surface area contributed by atoms with Gasteiger partial charge in [-0.3, -0.25) is 4.79 Å². The average Bonchev–Trinajstić information content (AvgIpc) is 2.45. The van der Waals surface area contributed by atoms with Gasteiger partial charge < -0.3 is 10.1 Å². The number of halogens is 2. The van der Waals surface area contributed by atoms with Gasteiger partial charge in [0.15, 0.2) is 0 Å². The van der Waals surface area contributed by atoms with Crippen molar-refractivity contribution in [1.82, 2.24) is 5.32 Å². The van der Waals surface area contributed by atoms with Gasteiger partial charge in [-0.25, -0.2) is 4.39 Å². The van der Waals surface area contributed by atoms with E-state index < -0.39 is 11.7 Å². The van der Waals surface area contributed by atoms with E-state index in [0.717, 1.165) is 5.56 Å². The maximum absolute atomic E-state index is 13.6. The van der Waals surface area contributed by atoms with Crippen LogP contribution < -0.4 is 10.1 Å². The second-order valence-corrected chi connectivity index (χ2v) is 4.50. The van der Waals surface area contributed by atoms with Gasteiger partial charge in [-0.05, 0) is 18.2 Å². The molecule has 1 N–H and O–H groups in total. The van der Waals surface area contributed by atoms with Gasteiger partial charge in [0.1, 0.15) is 11.6 Å². The molecule has 0 fully saturated rings. The van der Waals surface area contributed by atoms with Crippen molar-refractivity contribution in [2.24, 2.45) is 0 Å². The number of para-hydroxylation sites is 1. The molecule has 1 amide bonds. The lowest BCUT2D eigenvalue weighted by atomic mass is 10.1. The van der Waals surface area contributed by atoms with Gasteiger partial charge in [-0.1, -0.05) is 35.9 Å². The maximum atomic E-state index is 13.6. The zero-order chi connectivity index (χ0) is 14.5. The third-order valence-corrected chi connectivity index (χ3v) is 3.14. The first-order valence-corrected chi connectivity index (χ1v) is 6.35. The summed E-state index contributed by atoms with van der Waals surface area (Å²) in [7, 11) is 1.55. The van der Waals surface area contributed by atoms with Crippen LogP contribution in [0.1, 0.15) is 15.9 Å². The van der Waals surface area contributed by atoms with Crippen LogP contribution in [0.3, 0.4) is 0 Å². The van der Waals surface area contributed by atoms with E-state index in [4.69, 9.17) is 16.3 Å². The molecule has 2 rings (SSSR count). The van der Waals surface area contributed by atoms with E-state index in [0.29, 0.717) is 5.75 Å². The monoisotopic (exact) mass is 293 g/mol. The van der Waals surface area contributed by atoms with E-state index in [1.54, 1.807) is 13.2 Å². The molecular weight excluding hydrogens is 281 g/mol. The molecule has 20 heavy (non-hydrogen) atoms. The van der Waals surface area contributed by atoms with Crippen molar-refractivity contribution in [2.45, 2.75) is 6.54 Å². The summed E-state index contributed by atoms with van der Waals surface area (Å²) in [6.45, 7) is 0.230. The topological polar surface area (TPSA) is 38.3 Å². The van der Waals surface area contributed by atoms with Crippen molar-refractivity contribution in [2.75, 3.05) is 7.11 Å². The number of nitrogens with one attached hydrogen (secondary N) is 1. The number of ether oxygens (including phenoxy) is 1. The zero-order valence-corrected chi connectivity index (χ0v) is 11.6. The summed E-state index contributed by atoms with van der Waals surface area (Å²) in [6, 6.07) is 11.4. The summed E-state index contributed by atoms with van der Waals surface area (Å²) in [5.41, 5.74) is 0.653. The van der Waals surface area contributed by atoms with Gasteiger partial charge in [0.05, 0.1) is 17.7 Å². The van der Waals surface area contributed by atoms with Crippen LogP contribution in [-0.4, -0.2) is 13.0 Å². The highest BCUT2D eigenvalue weighted by Gasteiger charge is 2.15. The quantitative estimate of drug-likeness (QED) is 0.938. The molecule has 2 aromatic rings. The SMILES string of the molecule is COc1ccccc1CNC(=O)c1c(F)cccc1Cl. The fourth-order valence-corrected chi connectivity index (χ4v) is 2.08. The highest BCUT2D eigenvalue weighted by molar-refractivity contribution is 6.33. The van der Waals surface area contributed by atoms with Gasteiger partial charge in [0, 0.05) is 12.1 Å². The Kier molecular flexibility index (Phi) is 4.58. The highest BCUT2D eigenvalue weighted by Crippen LogP contribution is 2.20. The molecule has 0 aliphatic heterocycles. The normalized spacial score (nSPS) is 10.2. The number of benzene rings is 2. The van der Waals surface area contributed by atoms with Crippen molar-refractivity contribution >= 4 is 17.5 Å². The molecule has 0 spiro atoms. The molecule has 0 aliphatic carbocycles. The minimum Gasteiger partial charge on any atom is -0.496 e. The minimum atomic E-state index is -0.643. The van der Waals surface area contributed by atoms with E-state index in [1.807, 2.05) is 18.2 Å². The molecular formula is C15H13ClFNO2. The van der Waals surface area contributed by atoms with Crippen molar-refractivity contribution in [3.8, 4) is 5.75 Å². The number of methoxy groups -OCH3 is 1. The second-order valence-electron chi connectivity index (χ2n) is 4.09. The van der Waals surface area contributed by atoms with Crippen LogP contribution in [0.25, 0.3) is 0 Å². The lowest BCUT2D eigenvalue weighted by molar-refractivity contribution is 0.0947. The number of amides is 1. The third-order valence-electron chi connectivity index (χ3n) is 2.82. The van der Waals surface area contributed by atoms with Crippen molar-refractivity contribution in [3.63, 3.8) is 0 Å². The standard InChI is InChI=1S/C15H13ClFNO2/c1-20-13-8-3-2-5-10(13)9-18-15(19)14-11(16)6-4-7-12(14)17/h2-8H,9H2,1H3,(H,18,19). The molecule has 0 atom stereocenters. The van der Waals surface area contributed by atoms with Crippen LogP contribution in [0.5, 0.6) is 5.75 Å². The first kappa shape index (κ1) is 14.3. The van der Waals surface area contributed by atoms with Gasteiger partial charge in [0.2, 0.25) is 0 Å². The lowest BCUT2D eigenvalue weighted by Gasteiger charge is -2.10. The summed E-state index contributed by atoms with van der Waals surface area (Å²) in [5.74, 6) is -0.540. The molecule has 0 unspecified atom stereocenters. The molecule has 104 valence electrons. The Morgan fingerprint density at radius 3 is 2.70 bits per heavy atom. The Morgan fingerprint density at radius 1 is 1.25 bits per heavy atom. The fourth-order valence-electron chi connectivity index (χ4n) is 1.83. The number of carbonyl (C=O) groups is 1. The Balaban J connectivity index is 2.13. The predicted molar refractivity (Wildman–Crippen MR) is 75.6 cm³/mol. The van der Waals surface area contributed by atoms with E-state index in [9.17, 15) is 9.18 Å². The molecule has 2 aromatic carbocycles. The van der Waals surface area contributed by atoms with Crippen LogP contribution in [0, 0.1) is 5.82 Å². The molecule has 5 heteroatoms. The van der Waals surface area contributed by atoms with E-state index >= 15 is 0 Å². The molecule has 3 nitrogen and oxygen atoms in total. The summed E-state index contributed by atoms with van der Waals surface area (Å²) in [5, 5.41) is 2.71. The van der Waals surface area contributed by atoms with Crippen molar-refractivity contribution in [3.05, 3.63) is 64.4 Å². The number of hydrogen-bond donors (Lipinski definition) is 1. The first-order chi connectivity index (χ1) is 9.63. The Bertz CT molecular complexity index is 611. The second kappa shape index (κ2) is 6.39. The minimum absolute atomic E-state index is 0.0857. The fraction of sp³-hybridized carbons (Fsp3) is 0.133. The third kappa shape index (κ3) is 3.08. The maximum Gasteiger partial charge on any atom is 0.256 e. The zero-order valence-electron chi connectivity index (χ0n) is 10.8. The van der Waals surface area contributed by atoms with E-state index in [-0.39, 0.29) is 17.1 Å². The summed E-state index contributed by atoms with van der Waals surface area (Å²) < 4.78 is 18.8. The Hall–Kier alpha value is -2.07. The van der Waals surface area contributed by atoms with Crippen LogP contribution in [0.4, 0.5) is 4.39 Å². The van der Waals surface area contributed by atoms with E-state index in [1.165, 1.54) is 18.2 Å². The predicted octanol–water partition coefficient (Wildman–Crippen LogP) is 3.42. The lowest BCUT2D eigenvalue weighted by Crippen LogP contribution is -2.24. The smallest absolute Gasteiger partial charge is 0.256 e. The van der Waals surface area contributed by atoms with Crippen LogP contribution >= 0.6 is 11.6 Å². The first-order valence-electron chi connectivity index (χ1n) is 5.97. The molecule has 0 heterocycles. The van der Waals surface area contributed by atoms with Crippen molar-refractivity contribution in [1.29, 1.82) is 0 Å². The van der Waals surface area contributed by atoms with Crippen molar-refractivity contribution < 1.29 is 13.9 Å². The number of rotatable bonds is 4. The largest absolute Gasteiger partial charge is 0.496 e. The van der Waals surface area contributed by atoms with Gasteiger partial charge in [0.25, 0.3) is 5.91 Å². The molecule has 0 bridgehead atoms. The molecule has 0 saturated heterocycles. The van der Waals surface area contributed by atoms with Gasteiger partial charge in [-0.2, -0.15) is 0 Å². The van der Waals surface area contributed by atoms with Crippen LogP contribution in [0.15, 0.2) is 42.5 Å². The summed E-state index contributed by atoms with van der Waals surface area (Å²) >= 11 is 5.84. The average molecular weight is 294 g/mol. The molecule has 0 aliphatic rings. The van der Waals surface area contributed by atoms with Crippen LogP contribution in [0.2, 0.25) is 5.02 Å². The van der Waals surface area contributed by atoms with Gasteiger partial charge >= 0.3 is 0 Å². The van der Waals surface area contributed by atoms with Gasteiger partial charge in [-0.15, -0.1) is 0 Å². The Morgan fingerprint density at radius 2 is 2.00 bits per heavy atom. The highest BCUT2D eigenvalue weighted by atomic mass is 35.5. The number of hydrogen-bond acceptors (Lipinski definition) is 2.